The second kappa shape index (κ2) is 46.4. The van der Waals surface area contributed by atoms with E-state index in [2.05, 4.69) is 231 Å². The molecule has 11 aliphatic rings. The number of hydrogen-bond acceptors (Lipinski definition) is 35. The number of carboxylic acids is 1. The molecule has 782 valence electrons. The minimum atomic E-state index is -0.981. The van der Waals surface area contributed by atoms with E-state index in [1.165, 1.54) is 196 Å². The molecule has 18 heterocycles. The number of benzene rings is 2. The molecule has 44 heteroatoms. The number of aryl methyl sites for hydroxylation is 1. The molecule has 16 N–H and O–H groups in total. The van der Waals surface area contributed by atoms with E-state index in [1.54, 1.807) is 50.1 Å². The Morgan fingerprint density at radius 2 is 0.810 bits per heavy atom. The summed E-state index contributed by atoms with van der Waals surface area (Å²) >= 11 is 6.23. The lowest BCUT2D eigenvalue weighted by Gasteiger charge is -2.40. The molecule has 0 atom stereocenters. The largest absolute Gasteiger partial charge is 0.491 e. The molecule has 11 fully saturated rings. The highest BCUT2D eigenvalue weighted by atomic mass is 35.5. The normalized spacial score (nSPS) is 17.5. The Hall–Kier alpha value is -15.3. The summed E-state index contributed by atoms with van der Waals surface area (Å²) in [5, 5.41) is 87.6. The summed E-state index contributed by atoms with van der Waals surface area (Å²) in [6.07, 6.45) is 43.4. The molecule has 147 heavy (non-hydrogen) atoms. The molecule has 43 nitrogen and oxygen atoms in total. The Kier molecular flexibility index (Phi) is 30.9. The third-order valence-electron chi connectivity index (χ3n) is 28.0. The Bertz CT molecular complexity index is 6880. The second-order valence-electron chi connectivity index (χ2n) is 39.7. The number of likely N-dealkylation sites (N-methyl/N-ethyl adjacent to an activating group) is 1. The van der Waals surface area contributed by atoms with Gasteiger partial charge in [-0.25, -0.2) is 34.7 Å². The fraction of sp³-hybridized carbons (Fsp3) is 0.456. The SMILES string of the molecule is CCCc1cnc(N2CCCCC2)nc1Nc1cc(C2CC2)[nH]n1.COc1cnc(N2CCN(C)CC2)nc1Nc1cc(C2CC2)[nH]n1.Clc1cnc(Nc2ccc3[nH]ncc3c2)nc1Nc1cc(C2CC2)[nH]n1.O=C(O)c1cccc(Nc2nccc(Nc3cc(C4CC4)[nH]n3)n2)c1.[HH].[HH].[HH].[HH].[HH].[HH].[HH].[HH].c1cc(Nc2cc(C3CC3)[nH]n2)nc(N2CCC(N3CCCCC3)CC2)n1.c1cc(Nc2cc(C3CC3)[nH]n2)nc(N2CCCCC2)n1. The van der Waals surface area contributed by atoms with Gasteiger partial charge in [0.05, 0.1) is 36.8 Å². The lowest BCUT2D eigenvalue weighted by atomic mass is 10.0. The summed E-state index contributed by atoms with van der Waals surface area (Å²) in [6.45, 7) is 14.9. The fourth-order valence-electron chi connectivity index (χ4n) is 18.7. The van der Waals surface area contributed by atoms with Crippen molar-refractivity contribution in [2.24, 2.45) is 0 Å². The van der Waals surface area contributed by atoms with Gasteiger partial charge in [0.15, 0.2) is 52.3 Å². The van der Waals surface area contributed by atoms with Crippen LogP contribution in [0.5, 0.6) is 5.75 Å². The summed E-state index contributed by atoms with van der Waals surface area (Å²) in [5.41, 5.74) is 11.0. The van der Waals surface area contributed by atoms with Crippen LogP contribution in [0.3, 0.4) is 0 Å². The van der Waals surface area contributed by atoms with Crippen molar-refractivity contribution in [1.29, 1.82) is 0 Å². The van der Waals surface area contributed by atoms with Gasteiger partial charge in [-0.2, -0.15) is 65.6 Å². The van der Waals surface area contributed by atoms with Crippen LogP contribution in [0, 0.1) is 0 Å². The zero-order valence-electron chi connectivity index (χ0n) is 83.3. The van der Waals surface area contributed by atoms with E-state index >= 15 is 0 Å². The molecule has 5 aliphatic heterocycles. The highest BCUT2D eigenvalue weighted by Crippen LogP contribution is 2.46. The summed E-state index contributed by atoms with van der Waals surface area (Å²) < 4.78 is 5.39. The van der Waals surface area contributed by atoms with E-state index < -0.39 is 5.97 Å². The summed E-state index contributed by atoms with van der Waals surface area (Å²) in [5.74, 6) is 16.5. The molecular weight excluding hydrogens is 1880 g/mol. The van der Waals surface area contributed by atoms with Gasteiger partial charge in [-0.15, -0.1) is 0 Å². The van der Waals surface area contributed by atoms with Gasteiger partial charge in [-0.3, -0.25) is 35.7 Å². The zero-order valence-corrected chi connectivity index (χ0v) is 84.1. The zero-order chi connectivity index (χ0) is 99.7. The number of piperidine rings is 4. The van der Waals surface area contributed by atoms with Crippen LogP contribution >= 0.6 is 11.6 Å². The molecule has 0 radical (unpaired) electrons. The Morgan fingerprint density at radius 3 is 1.29 bits per heavy atom. The van der Waals surface area contributed by atoms with Gasteiger partial charge < -0.3 is 81.8 Å². The number of aromatic amines is 7. The lowest BCUT2D eigenvalue weighted by Crippen LogP contribution is -2.47. The number of methoxy groups -OCH3 is 1. The van der Waals surface area contributed by atoms with Crippen molar-refractivity contribution in [2.45, 2.75) is 209 Å². The number of rotatable bonds is 31. The van der Waals surface area contributed by atoms with Crippen molar-refractivity contribution in [3.63, 3.8) is 0 Å². The Morgan fingerprint density at radius 1 is 0.388 bits per heavy atom. The molecule has 2 aromatic carbocycles. The maximum atomic E-state index is 11.0. The maximum Gasteiger partial charge on any atom is 0.335 e. The molecule has 26 rings (SSSR count). The quantitative estimate of drug-likeness (QED) is 0.0192. The molecular formula is C103H145ClN40O3. The van der Waals surface area contributed by atoms with E-state index in [9.17, 15) is 4.79 Å². The number of carbonyl (C=O) groups is 1. The standard InChI is InChI=1S/C20H29N7.C18H26N6.C17H15ClN8.C17H16N6O2.C16H23N7O.C15H20N6.8H2/c1-2-10-26(11-3-1)16-7-12-27(13-8-16)20-21-9-6-18(23-20)22-19-14-17(24-25-19)15-4-5-15;1-2-6-14-12-19-18(24-9-4-3-5-10-24)21-17(14)20-16-11-15(22-23-16)13-7-8-13;18-12-8-19-17(21-11-3-4-13-10(5-11)7-20-24-13)23-16(12)22-15-6-14(25-26-15)9-1-2-9;24-16(25)11-2-1-3-12(8-11)19-17-18-7-6-14(21-17)20-15-9-13(22-23-15)10-4-5-10;1-22-5-7-23(8-6-22)16-17-10-13(24-2)15(19-16)18-14-9-12(20-21-14)11-3-4-11;1-2-8-21(9-3-1)15-16-7-6-13(18-15)17-14-10-12(19-20-14)11-4-5-11;;;;;;;;/h6,9,14-16H,1-5,7-8,10-13H2,(H2,21,22,23,24,25);11-13H,2-10H2,1H3,(H2,19,20,21,22,23);3-9H,1-2H2,(H,20,24)(H3,19,21,22,23,25,26);1-3,6-10H,4-5H2,(H,24,25)(H3,18,19,20,21,22,23);9-11H,3-8H2,1-2H3,(H2,17,18,19,20,21);6-7,10-11H,1-5,8-9H2,(H2,16,17,18,19,20);8*1H. The molecule has 0 spiro atoms. The van der Waals surface area contributed by atoms with E-state index in [1.807, 2.05) is 61.1 Å². The van der Waals surface area contributed by atoms with E-state index in [0.29, 0.717) is 93.0 Å². The third kappa shape index (κ3) is 26.9. The van der Waals surface area contributed by atoms with Gasteiger partial charge in [0.25, 0.3) is 0 Å². The average molecular weight is 2030 g/mol. The fourth-order valence-corrected chi connectivity index (χ4v) is 18.8. The Balaban J connectivity index is 0.000000153. The van der Waals surface area contributed by atoms with Gasteiger partial charge in [0.1, 0.15) is 28.3 Å². The molecule has 6 saturated carbocycles. The highest BCUT2D eigenvalue weighted by Gasteiger charge is 2.34. The third-order valence-corrected chi connectivity index (χ3v) is 28.3. The second-order valence-corrected chi connectivity index (χ2v) is 40.1. The number of halogens is 1. The number of fused-ring (bicyclic) bond motifs is 1. The molecule has 15 aromatic rings. The van der Waals surface area contributed by atoms with Crippen molar-refractivity contribution >= 4 is 145 Å². The van der Waals surface area contributed by atoms with Crippen LogP contribution in [-0.2, 0) is 6.42 Å². The number of ether oxygens (including phenoxy) is 1. The van der Waals surface area contributed by atoms with Crippen LogP contribution < -0.4 is 66.9 Å². The number of anilines is 20. The lowest BCUT2D eigenvalue weighted by molar-refractivity contribution is 0.0696. The number of carboxylic acid groups (broad SMARTS) is 1. The molecule has 0 amide bonds. The van der Waals surface area contributed by atoms with Crippen LogP contribution in [0.4, 0.5) is 117 Å². The molecule has 0 bridgehead atoms. The van der Waals surface area contributed by atoms with Crippen molar-refractivity contribution in [2.75, 3.05) is 155 Å². The number of hydrogen-bond donors (Lipinski definition) is 16. The van der Waals surface area contributed by atoms with E-state index in [0.717, 1.165) is 182 Å². The highest BCUT2D eigenvalue weighted by molar-refractivity contribution is 6.33. The van der Waals surface area contributed by atoms with Crippen molar-refractivity contribution < 1.29 is 26.1 Å². The number of aromatic carboxylic acids is 1. The number of nitrogens with zero attached hydrogens (tertiary/aromatic N) is 25. The number of H-pyrrole nitrogens is 7. The number of nitrogens with one attached hydrogen (secondary N) is 15. The van der Waals surface area contributed by atoms with Crippen LogP contribution in [0.1, 0.15) is 258 Å². The van der Waals surface area contributed by atoms with Crippen molar-refractivity contribution in [1.82, 2.24) is 141 Å². The topological polar surface area (TPSA) is 518 Å². The van der Waals surface area contributed by atoms with Crippen molar-refractivity contribution in [3.8, 4) is 5.75 Å². The molecule has 0 unspecified atom stereocenters. The summed E-state index contributed by atoms with van der Waals surface area (Å²) in [6, 6.07) is 31.0. The van der Waals surface area contributed by atoms with Crippen molar-refractivity contribution in [3.05, 3.63) is 191 Å². The first-order chi connectivity index (χ1) is 72.2. The summed E-state index contributed by atoms with van der Waals surface area (Å²) in [4.78, 5) is 79.2. The molecule has 6 aliphatic carbocycles. The molecule has 13 aromatic heterocycles. The first-order valence-electron chi connectivity index (χ1n) is 52.2. The van der Waals surface area contributed by atoms with Crippen LogP contribution in [0.15, 0.2) is 140 Å². The number of aromatic nitrogens is 26. The maximum absolute atomic E-state index is 11.0. The summed E-state index contributed by atoms with van der Waals surface area (Å²) in [7, 11) is 3.76. The van der Waals surface area contributed by atoms with Crippen LogP contribution in [-0.4, -0.2) is 251 Å². The van der Waals surface area contributed by atoms with Crippen LogP contribution in [0.2, 0.25) is 5.02 Å². The first kappa shape index (κ1) is 97.8. The van der Waals surface area contributed by atoms with E-state index in [-0.39, 0.29) is 17.0 Å². The van der Waals surface area contributed by atoms with Gasteiger partial charge in [-0.1, -0.05) is 37.4 Å². The predicted octanol–water partition coefficient (Wildman–Crippen LogP) is 20.8. The number of piperazine rings is 1. The van der Waals surface area contributed by atoms with Gasteiger partial charge >= 0.3 is 5.97 Å². The Labute approximate surface area is 868 Å². The minimum absolute atomic E-state index is 0. The monoisotopic (exact) mass is 2030 g/mol. The first-order valence-corrected chi connectivity index (χ1v) is 52.5. The van der Waals surface area contributed by atoms with Gasteiger partial charge in [0.2, 0.25) is 35.7 Å². The predicted molar refractivity (Wildman–Crippen MR) is 586 cm³/mol. The van der Waals surface area contributed by atoms with Crippen LogP contribution in [0.25, 0.3) is 10.9 Å². The van der Waals surface area contributed by atoms with Gasteiger partial charge in [0, 0.05) is 236 Å². The van der Waals surface area contributed by atoms with E-state index in [4.69, 9.17) is 31.4 Å². The number of likely N-dealkylation sites (tertiary alicyclic amines) is 1. The average Bonchev–Trinajstić information content (AvgIpc) is 1.68. The smallest absolute Gasteiger partial charge is 0.335 e. The molecule has 5 saturated heterocycles. The van der Waals surface area contributed by atoms with Gasteiger partial charge in [-0.05, 0) is 222 Å². The minimum Gasteiger partial charge on any atom is -0.491 e.